The van der Waals surface area contributed by atoms with Gasteiger partial charge in [-0.2, -0.15) is 0 Å². The van der Waals surface area contributed by atoms with Crippen molar-refractivity contribution in [3.8, 4) is 0 Å². The molecule has 0 radical (unpaired) electrons. The van der Waals surface area contributed by atoms with E-state index in [0.29, 0.717) is 6.54 Å². The first-order valence-corrected chi connectivity index (χ1v) is 5.64. The number of ether oxygens (including phenoxy) is 1. The second kappa shape index (κ2) is 7.26. The van der Waals surface area contributed by atoms with E-state index in [0.717, 1.165) is 12.0 Å². The summed E-state index contributed by atoms with van der Waals surface area (Å²) >= 11 is 0. The number of rotatable bonds is 5. The molecule has 6 nitrogen and oxygen atoms in total. The second-order valence-corrected chi connectivity index (χ2v) is 3.75. The average molecular weight is 251 g/mol. The van der Waals surface area contributed by atoms with Gasteiger partial charge >= 0.3 is 6.09 Å². The first kappa shape index (κ1) is 14.0. The highest BCUT2D eigenvalue weighted by molar-refractivity contribution is 5.85. The van der Waals surface area contributed by atoms with Gasteiger partial charge in [0, 0.05) is 18.9 Å². The van der Waals surface area contributed by atoms with Gasteiger partial charge in [-0.3, -0.25) is 9.78 Å². The zero-order chi connectivity index (χ0) is 13.4. The van der Waals surface area contributed by atoms with Crippen molar-refractivity contribution in [3.05, 3.63) is 30.1 Å². The number of carbonyl (C=O) groups is 2. The smallest absolute Gasteiger partial charge is 0.407 e. The molecule has 0 spiro atoms. The summed E-state index contributed by atoms with van der Waals surface area (Å²) in [5, 5.41) is 5.13. The molecular weight excluding hydrogens is 234 g/mol. The van der Waals surface area contributed by atoms with E-state index in [4.69, 9.17) is 0 Å². The monoisotopic (exact) mass is 251 g/mol. The van der Waals surface area contributed by atoms with Gasteiger partial charge in [0.15, 0.2) is 0 Å². The van der Waals surface area contributed by atoms with Gasteiger partial charge < -0.3 is 15.4 Å². The summed E-state index contributed by atoms with van der Waals surface area (Å²) in [5.41, 5.74) is 1.10. The molecule has 0 aliphatic carbocycles. The summed E-state index contributed by atoms with van der Waals surface area (Å²) in [7, 11) is 1.25. The Morgan fingerprint density at radius 2 is 2.06 bits per heavy atom. The third-order valence-electron chi connectivity index (χ3n) is 2.38. The molecule has 98 valence electrons. The zero-order valence-corrected chi connectivity index (χ0v) is 10.5. The maximum Gasteiger partial charge on any atom is 0.407 e. The van der Waals surface area contributed by atoms with Gasteiger partial charge in [0.1, 0.15) is 6.04 Å². The lowest BCUT2D eigenvalue weighted by atomic mass is 10.2. The Bertz CT molecular complexity index is 395. The van der Waals surface area contributed by atoms with Crippen molar-refractivity contribution in [1.29, 1.82) is 0 Å². The van der Waals surface area contributed by atoms with Crippen molar-refractivity contribution < 1.29 is 14.3 Å². The number of hydrogen-bond acceptors (Lipinski definition) is 4. The molecule has 0 aliphatic heterocycles. The van der Waals surface area contributed by atoms with Crippen molar-refractivity contribution in [1.82, 2.24) is 15.6 Å². The van der Waals surface area contributed by atoms with Crippen LogP contribution in [0.1, 0.15) is 12.5 Å². The molecule has 6 heteroatoms. The maximum atomic E-state index is 11.6. The fraction of sp³-hybridized carbons (Fsp3) is 0.417. The number of carbonyl (C=O) groups excluding carboxylic acids is 2. The highest BCUT2D eigenvalue weighted by Crippen LogP contribution is 1.96. The van der Waals surface area contributed by atoms with Crippen LogP contribution in [0.3, 0.4) is 0 Å². The Balaban J connectivity index is 2.26. The molecular formula is C12H17N3O3. The number of methoxy groups -OCH3 is 1. The van der Waals surface area contributed by atoms with E-state index in [9.17, 15) is 9.59 Å². The minimum absolute atomic E-state index is 0.241. The van der Waals surface area contributed by atoms with E-state index >= 15 is 0 Å². The summed E-state index contributed by atoms with van der Waals surface area (Å²) in [5.74, 6) is -0.241. The fourth-order valence-corrected chi connectivity index (χ4v) is 1.33. The molecule has 1 aromatic rings. The van der Waals surface area contributed by atoms with Crippen molar-refractivity contribution >= 4 is 12.0 Å². The first-order valence-electron chi connectivity index (χ1n) is 5.64. The Labute approximate surface area is 106 Å². The normalized spacial score (nSPS) is 11.4. The summed E-state index contributed by atoms with van der Waals surface area (Å²) in [4.78, 5) is 26.4. The third kappa shape index (κ3) is 4.82. The van der Waals surface area contributed by atoms with Crippen molar-refractivity contribution in [3.63, 3.8) is 0 Å². The number of aromatic nitrogens is 1. The average Bonchev–Trinajstić information content (AvgIpc) is 2.39. The van der Waals surface area contributed by atoms with Crippen LogP contribution in [0, 0.1) is 0 Å². The second-order valence-electron chi connectivity index (χ2n) is 3.75. The molecule has 2 amide bonds. The van der Waals surface area contributed by atoms with E-state index in [1.165, 1.54) is 7.11 Å². The van der Waals surface area contributed by atoms with Crippen molar-refractivity contribution in [2.24, 2.45) is 0 Å². The van der Waals surface area contributed by atoms with Crippen LogP contribution < -0.4 is 10.6 Å². The van der Waals surface area contributed by atoms with E-state index in [2.05, 4.69) is 20.4 Å². The minimum atomic E-state index is -0.619. The Morgan fingerprint density at radius 3 is 2.67 bits per heavy atom. The molecule has 1 aromatic heterocycles. The van der Waals surface area contributed by atoms with E-state index in [1.54, 1.807) is 19.3 Å². The predicted octanol–water partition coefficient (Wildman–Crippen LogP) is 0.485. The molecule has 18 heavy (non-hydrogen) atoms. The van der Waals surface area contributed by atoms with Gasteiger partial charge in [0.2, 0.25) is 5.91 Å². The zero-order valence-electron chi connectivity index (χ0n) is 10.5. The highest BCUT2D eigenvalue weighted by atomic mass is 16.5. The van der Waals surface area contributed by atoms with Crippen LogP contribution in [0.2, 0.25) is 0 Å². The number of pyridine rings is 1. The van der Waals surface area contributed by atoms with Crippen LogP contribution >= 0.6 is 0 Å². The van der Waals surface area contributed by atoms with Crippen molar-refractivity contribution in [2.45, 2.75) is 19.4 Å². The topological polar surface area (TPSA) is 80.3 Å². The van der Waals surface area contributed by atoms with Gasteiger partial charge in [-0.15, -0.1) is 0 Å². The fourth-order valence-electron chi connectivity index (χ4n) is 1.33. The third-order valence-corrected chi connectivity index (χ3v) is 2.38. The standard InChI is InChI=1S/C12H17N3O3/c1-9(15-12(17)18-2)11(16)14-8-5-10-3-6-13-7-4-10/h3-4,6-7,9H,5,8H2,1-2H3,(H,14,16)(H,15,17)/t9-/m0/s1. The number of alkyl carbamates (subject to hydrolysis) is 1. The van der Waals surface area contributed by atoms with Gasteiger partial charge in [-0.1, -0.05) is 0 Å². The van der Waals surface area contributed by atoms with Crippen LogP contribution in [0.15, 0.2) is 24.5 Å². The first-order chi connectivity index (χ1) is 8.63. The van der Waals surface area contributed by atoms with E-state index in [1.807, 2.05) is 12.1 Å². The van der Waals surface area contributed by atoms with Crippen LogP contribution in [-0.2, 0) is 16.0 Å². The highest BCUT2D eigenvalue weighted by Gasteiger charge is 2.14. The lowest BCUT2D eigenvalue weighted by Crippen LogP contribution is -2.45. The number of nitrogens with zero attached hydrogens (tertiary/aromatic N) is 1. The summed E-state index contributed by atoms with van der Waals surface area (Å²) in [6.07, 6.45) is 3.52. The molecule has 0 aliphatic rings. The predicted molar refractivity (Wildman–Crippen MR) is 66.0 cm³/mol. The molecule has 0 bridgehead atoms. The molecule has 1 atom stereocenters. The van der Waals surface area contributed by atoms with Crippen molar-refractivity contribution in [2.75, 3.05) is 13.7 Å². The Morgan fingerprint density at radius 1 is 1.39 bits per heavy atom. The van der Waals surface area contributed by atoms with Crippen LogP contribution in [0.25, 0.3) is 0 Å². The molecule has 0 saturated carbocycles. The maximum absolute atomic E-state index is 11.6. The molecule has 2 N–H and O–H groups in total. The molecule has 1 heterocycles. The number of nitrogens with one attached hydrogen (secondary N) is 2. The van der Waals surface area contributed by atoms with E-state index in [-0.39, 0.29) is 5.91 Å². The van der Waals surface area contributed by atoms with Crippen LogP contribution in [-0.4, -0.2) is 36.7 Å². The van der Waals surface area contributed by atoms with Crippen LogP contribution in [0.5, 0.6) is 0 Å². The number of amides is 2. The summed E-state index contributed by atoms with van der Waals surface area (Å²) < 4.78 is 4.41. The SMILES string of the molecule is COC(=O)N[C@@H](C)C(=O)NCCc1ccncc1. The van der Waals surface area contributed by atoms with Gasteiger partial charge in [0.25, 0.3) is 0 Å². The van der Waals surface area contributed by atoms with Gasteiger partial charge in [-0.05, 0) is 31.0 Å². The van der Waals surface area contributed by atoms with Gasteiger partial charge in [-0.25, -0.2) is 4.79 Å². The van der Waals surface area contributed by atoms with Crippen LogP contribution in [0.4, 0.5) is 4.79 Å². The molecule has 0 aromatic carbocycles. The summed E-state index contributed by atoms with van der Waals surface area (Å²) in [6, 6.07) is 3.17. The van der Waals surface area contributed by atoms with E-state index < -0.39 is 12.1 Å². The largest absolute Gasteiger partial charge is 0.453 e. The molecule has 0 fully saturated rings. The lowest BCUT2D eigenvalue weighted by Gasteiger charge is -2.13. The molecule has 1 rings (SSSR count). The Hall–Kier alpha value is -2.11. The Kier molecular flexibility index (Phi) is 5.63. The quantitative estimate of drug-likeness (QED) is 0.798. The molecule has 0 unspecified atom stereocenters. The lowest BCUT2D eigenvalue weighted by molar-refractivity contribution is -0.122. The van der Waals surface area contributed by atoms with Gasteiger partial charge in [0.05, 0.1) is 7.11 Å². The number of hydrogen-bond donors (Lipinski definition) is 2. The minimum Gasteiger partial charge on any atom is -0.453 e. The summed E-state index contributed by atoms with van der Waals surface area (Å²) in [6.45, 7) is 2.11. The molecule has 0 saturated heterocycles.